The predicted octanol–water partition coefficient (Wildman–Crippen LogP) is 2.70. The molecule has 152 valence electrons. The second kappa shape index (κ2) is 7.38. The number of amides is 2. The quantitative estimate of drug-likeness (QED) is 0.750. The third-order valence-corrected chi connectivity index (χ3v) is 7.86. The molecule has 27 heavy (non-hydrogen) atoms. The number of likely N-dealkylation sites (tertiary alicyclic amines) is 1. The molecule has 0 radical (unpaired) electrons. The fraction of sp³-hybridized carbons (Fsp3) is 0.909. The van der Waals surface area contributed by atoms with Crippen LogP contribution >= 0.6 is 0 Å². The Morgan fingerprint density at radius 3 is 2.04 bits per heavy atom. The van der Waals surface area contributed by atoms with Crippen molar-refractivity contribution in [1.29, 1.82) is 0 Å². The highest BCUT2D eigenvalue weighted by Gasteiger charge is 2.54. The summed E-state index contributed by atoms with van der Waals surface area (Å²) >= 11 is 0. The average Bonchev–Trinajstić information content (AvgIpc) is 2.64. The molecule has 5 nitrogen and oxygen atoms in total. The van der Waals surface area contributed by atoms with Crippen LogP contribution in [-0.4, -0.2) is 48.4 Å². The van der Waals surface area contributed by atoms with Crippen LogP contribution in [0.25, 0.3) is 0 Å². The van der Waals surface area contributed by atoms with Crippen molar-refractivity contribution in [3.05, 3.63) is 0 Å². The monoisotopic (exact) mass is 375 g/mol. The summed E-state index contributed by atoms with van der Waals surface area (Å²) < 4.78 is 0. The molecular formula is C22H37N3O2. The SMILES string of the molecule is CC(C)(CNC(=O)CNC(=O)C12CC3CC(CC(C3)C1)C2)N1CCCCC1. The maximum Gasteiger partial charge on any atom is 0.239 e. The maximum atomic E-state index is 13.0. The lowest BCUT2D eigenvalue weighted by Gasteiger charge is -2.55. The van der Waals surface area contributed by atoms with Gasteiger partial charge in [-0.2, -0.15) is 0 Å². The molecule has 5 aliphatic rings. The van der Waals surface area contributed by atoms with Gasteiger partial charge < -0.3 is 10.6 Å². The Morgan fingerprint density at radius 2 is 1.48 bits per heavy atom. The van der Waals surface area contributed by atoms with Crippen molar-refractivity contribution in [3.8, 4) is 0 Å². The minimum Gasteiger partial charge on any atom is -0.353 e. The Bertz CT molecular complexity index is 545. The topological polar surface area (TPSA) is 61.4 Å². The van der Waals surface area contributed by atoms with E-state index in [0.29, 0.717) is 6.54 Å². The molecular weight excluding hydrogens is 338 g/mol. The van der Waals surface area contributed by atoms with Gasteiger partial charge >= 0.3 is 0 Å². The minimum atomic E-state index is -0.165. The summed E-state index contributed by atoms with van der Waals surface area (Å²) in [4.78, 5) is 27.8. The number of nitrogens with zero attached hydrogens (tertiary/aromatic N) is 1. The molecule has 0 spiro atoms. The summed E-state index contributed by atoms with van der Waals surface area (Å²) in [5.41, 5.74) is -0.192. The third kappa shape index (κ3) is 4.03. The molecule has 0 atom stereocenters. The van der Waals surface area contributed by atoms with Crippen LogP contribution in [0.4, 0.5) is 0 Å². The van der Waals surface area contributed by atoms with Crippen molar-refractivity contribution < 1.29 is 9.59 Å². The Kier molecular flexibility index (Phi) is 5.26. The van der Waals surface area contributed by atoms with Gasteiger partial charge in [0.2, 0.25) is 11.8 Å². The fourth-order valence-corrected chi connectivity index (χ4v) is 6.73. The van der Waals surface area contributed by atoms with Crippen molar-refractivity contribution in [1.82, 2.24) is 15.5 Å². The van der Waals surface area contributed by atoms with Crippen LogP contribution in [0.15, 0.2) is 0 Å². The molecule has 4 bridgehead atoms. The Labute approximate surface area is 164 Å². The van der Waals surface area contributed by atoms with Crippen LogP contribution in [0, 0.1) is 23.2 Å². The third-order valence-electron chi connectivity index (χ3n) is 7.86. The van der Waals surface area contributed by atoms with Crippen molar-refractivity contribution in [2.75, 3.05) is 26.2 Å². The van der Waals surface area contributed by atoms with Gasteiger partial charge in [0.05, 0.1) is 6.54 Å². The highest BCUT2D eigenvalue weighted by molar-refractivity contribution is 5.88. The van der Waals surface area contributed by atoms with Gasteiger partial charge in [0, 0.05) is 17.5 Å². The highest BCUT2D eigenvalue weighted by Crippen LogP contribution is 2.60. The van der Waals surface area contributed by atoms with Gasteiger partial charge in [0.25, 0.3) is 0 Å². The highest BCUT2D eigenvalue weighted by atomic mass is 16.2. The van der Waals surface area contributed by atoms with Crippen molar-refractivity contribution in [3.63, 3.8) is 0 Å². The Balaban J connectivity index is 1.24. The molecule has 5 heteroatoms. The number of carbonyl (C=O) groups excluding carboxylic acids is 2. The number of piperidine rings is 1. The van der Waals surface area contributed by atoms with Crippen molar-refractivity contribution in [2.45, 2.75) is 77.2 Å². The second-order valence-electron chi connectivity index (χ2n) is 10.5. The summed E-state index contributed by atoms with van der Waals surface area (Å²) in [6.45, 7) is 7.40. The number of rotatable bonds is 6. The molecule has 5 rings (SSSR count). The normalized spacial score (nSPS) is 35.9. The molecule has 0 aromatic rings. The molecule has 1 aliphatic heterocycles. The van der Waals surface area contributed by atoms with Gasteiger partial charge in [-0.25, -0.2) is 0 Å². The Morgan fingerprint density at radius 1 is 0.926 bits per heavy atom. The molecule has 1 saturated heterocycles. The number of carbonyl (C=O) groups is 2. The van der Waals surface area contributed by atoms with E-state index in [1.54, 1.807) is 0 Å². The summed E-state index contributed by atoms with van der Waals surface area (Å²) in [5.74, 6) is 2.34. The van der Waals surface area contributed by atoms with Crippen LogP contribution in [0.3, 0.4) is 0 Å². The molecule has 0 aromatic carbocycles. The standard InChI is InChI=1S/C22H37N3O2/c1-21(2,25-6-4-3-5-7-25)15-24-19(26)14-23-20(27)22-11-16-8-17(12-22)10-18(9-16)13-22/h16-18H,3-15H2,1-2H3,(H,23,27)(H,24,26). The van der Waals surface area contributed by atoms with Crippen LogP contribution in [0.2, 0.25) is 0 Å². The van der Waals surface area contributed by atoms with Gasteiger partial charge in [0.1, 0.15) is 0 Å². The van der Waals surface area contributed by atoms with Crippen LogP contribution in [0.5, 0.6) is 0 Å². The van der Waals surface area contributed by atoms with Gasteiger partial charge in [-0.15, -0.1) is 0 Å². The zero-order valence-electron chi connectivity index (χ0n) is 17.2. The lowest BCUT2D eigenvalue weighted by atomic mass is 9.49. The van der Waals surface area contributed by atoms with E-state index in [1.165, 1.54) is 38.5 Å². The molecule has 4 saturated carbocycles. The lowest BCUT2D eigenvalue weighted by Crippen LogP contribution is -2.56. The van der Waals surface area contributed by atoms with E-state index in [2.05, 4.69) is 29.4 Å². The summed E-state index contributed by atoms with van der Waals surface area (Å²) in [6, 6.07) is 0. The largest absolute Gasteiger partial charge is 0.353 e. The Hall–Kier alpha value is -1.10. The molecule has 5 fully saturated rings. The van der Waals surface area contributed by atoms with Gasteiger partial charge in [-0.05, 0) is 96.1 Å². The van der Waals surface area contributed by atoms with Gasteiger partial charge in [-0.3, -0.25) is 14.5 Å². The van der Waals surface area contributed by atoms with E-state index >= 15 is 0 Å². The first-order chi connectivity index (χ1) is 12.9. The number of hydrogen-bond acceptors (Lipinski definition) is 3. The van der Waals surface area contributed by atoms with E-state index in [-0.39, 0.29) is 29.3 Å². The zero-order valence-corrected chi connectivity index (χ0v) is 17.2. The second-order valence-corrected chi connectivity index (χ2v) is 10.5. The smallest absolute Gasteiger partial charge is 0.239 e. The van der Waals surface area contributed by atoms with E-state index in [9.17, 15) is 9.59 Å². The lowest BCUT2D eigenvalue weighted by molar-refractivity contribution is -0.147. The molecule has 1 heterocycles. The first-order valence-electron chi connectivity index (χ1n) is 11.2. The fourth-order valence-electron chi connectivity index (χ4n) is 6.73. The average molecular weight is 376 g/mol. The predicted molar refractivity (Wildman–Crippen MR) is 106 cm³/mol. The summed E-state index contributed by atoms with van der Waals surface area (Å²) in [7, 11) is 0. The summed E-state index contributed by atoms with van der Waals surface area (Å²) in [5, 5.41) is 6.04. The van der Waals surface area contributed by atoms with Crippen molar-refractivity contribution >= 4 is 11.8 Å². The molecule has 2 amide bonds. The van der Waals surface area contributed by atoms with Crippen LogP contribution in [-0.2, 0) is 9.59 Å². The van der Waals surface area contributed by atoms with E-state index < -0.39 is 0 Å². The summed E-state index contributed by atoms with van der Waals surface area (Å²) in [6.07, 6.45) is 11.0. The van der Waals surface area contributed by atoms with Crippen LogP contribution < -0.4 is 10.6 Å². The number of hydrogen-bond donors (Lipinski definition) is 2. The maximum absolute atomic E-state index is 13.0. The van der Waals surface area contributed by atoms with Gasteiger partial charge in [-0.1, -0.05) is 6.42 Å². The minimum absolute atomic E-state index is 0.0278. The zero-order chi connectivity index (χ0) is 19.1. The molecule has 4 aliphatic carbocycles. The molecule has 0 unspecified atom stereocenters. The number of nitrogens with one attached hydrogen (secondary N) is 2. The van der Waals surface area contributed by atoms with E-state index in [4.69, 9.17) is 0 Å². The van der Waals surface area contributed by atoms with E-state index in [0.717, 1.165) is 50.1 Å². The molecule has 0 aromatic heterocycles. The molecule has 2 N–H and O–H groups in total. The first kappa shape index (κ1) is 19.2. The first-order valence-corrected chi connectivity index (χ1v) is 11.2. The van der Waals surface area contributed by atoms with Crippen LogP contribution in [0.1, 0.15) is 71.6 Å². The van der Waals surface area contributed by atoms with Gasteiger partial charge in [0.15, 0.2) is 0 Å². The van der Waals surface area contributed by atoms with E-state index in [1.807, 2.05) is 0 Å². The van der Waals surface area contributed by atoms with Crippen molar-refractivity contribution in [2.24, 2.45) is 23.2 Å².